The Morgan fingerprint density at radius 3 is 2.26 bits per heavy atom. The molecule has 0 fully saturated rings. The molecule has 7 nitrogen and oxygen atoms in total. The molecule has 0 radical (unpaired) electrons. The minimum absolute atomic E-state index is 0.00894. The summed E-state index contributed by atoms with van der Waals surface area (Å²) in [6.07, 6.45) is 1.39. The maximum Gasteiger partial charge on any atom is 0.242 e. The van der Waals surface area contributed by atoms with E-state index in [1.165, 1.54) is 15.3 Å². The molecule has 186 valence electrons. The summed E-state index contributed by atoms with van der Waals surface area (Å²) < 4.78 is 40.4. The summed E-state index contributed by atoms with van der Waals surface area (Å²) in [7, 11) is -3.57. The lowest BCUT2D eigenvalue weighted by Gasteiger charge is -2.29. The fourth-order valence-electron chi connectivity index (χ4n) is 3.81. The molecule has 0 saturated carbocycles. The molecule has 2 amide bonds. The highest BCUT2D eigenvalue weighted by Gasteiger charge is 2.27. The summed E-state index contributed by atoms with van der Waals surface area (Å²) in [5, 5.41) is 2.69. The number of anilines is 1. The number of sulfonamides is 1. The summed E-state index contributed by atoms with van der Waals surface area (Å²) in [5.74, 6) is -1.14. The number of hydrogen-bond donors (Lipinski definition) is 1. The van der Waals surface area contributed by atoms with E-state index >= 15 is 0 Å². The monoisotopic (exact) mass is 491 g/mol. The van der Waals surface area contributed by atoms with Gasteiger partial charge in [-0.3, -0.25) is 13.9 Å². The molecule has 34 heavy (non-hydrogen) atoms. The van der Waals surface area contributed by atoms with Gasteiger partial charge in [-0.25, -0.2) is 12.8 Å². The Labute approximate surface area is 202 Å². The van der Waals surface area contributed by atoms with E-state index in [-0.39, 0.29) is 37.7 Å². The van der Waals surface area contributed by atoms with Gasteiger partial charge in [-0.15, -0.1) is 0 Å². The second kappa shape index (κ2) is 12.0. The lowest BCUT2D eigenvalue weighted by atomic mass is 10.1. The van der Waals surface area contributed by atoms with Crippen LogP contribution in [0.25, 0.3) is 0 Å². The Balaban J connectivity index is 2.19. The lowest BCUT2D eigenvalue weighted by Crippen LogP contribution is -2.47. The summed E-state index contributed by atoms with van der Waals surface area (Å²) in [5.41, 5.74) is 2.73. The second-order valence-electron chi connectivity index (χ2n) is 8.47. The van der Waals surface area contributed by atoms with Crippen LogP contribution in [0, 0.1) is 19.7 Å². The van der Waals surface area contributed by atoms with Crippen molar-refractivity contribution in [3.8, 4) is 0 Å². The van der Waals surface area contributed by atoms with Crippen molar-refractivity contribution < 1.29 is 22.4 Å². The second-order valence-corrected chi connectivity index (χ2v) is 10.4. The molecular formula is C25H34FN3O4S. The predicted molar refractivity (Wildman–Crippen MR) is 132 cm³/mol. The SMILES string of the molecule is CCNC(=O)[C@H](C)N(Cc1ccccc1F)C(=O)CCCN(c1cc(C)cc(C)c1)S(C)(=O)=O. The van der Waals surface area contributed by atoms with Crippen LogP contribution in [0.5, 0.6) is 0 Å². The van der Waals surface area contributed by atoms with Gasteiger partial charge in [0.25, 0.3) is 0 Å². The normalized spacial score (nSPS) is 12.2. The number of carbonyl (C=O) groups excluding carboxylic acids is 2. The van der Waals surface area contributed by atoms with Crippen molar-refractivity contribution >= 4 is 27.5 Å². The topological polar surface area (TPSA) is 86.8 Å². The lowest BCUT2D eigenvalue weighted by molar-refractivity contribution is -0.140. The van der Waals surface area contributed by atoms with Crippen molar-refractivity contribution in [3.05, 3.63) is 65.0 Å². The number of halogens is 1. The first-order valence-corrected chi connectivity index (χ1v) is 13.2. The zero-order valence-electron chi connectivity index (χ0n) is 20.5. The molecule has 9 heteroatoms. The molecule has 1 atom stereocenters. The van der Waals surface area contributed by atoms with E-state index in [0.717, 1.165) is 17.4 Å². The molecule has 2 rings (SSSR count). The first-order valence-electron chi connectivity index (χ1n) is 11.3. The minimum Gasteiger partial charge on any atom is -0.355 e. The molecule has 1 N–H and O–H groups in total. The molecule has 0 aliphatic rings. The van der Waals surface area contributed by atoms with E-state index in [9.17, 15) is 22.4 Å². The number of rotatable bonds is 11. The fourth-order valence-corrected chi connectivity index (χ4v) is 4.76. The molecular weight excluding hydrogens is 457 g/mol. The van der Waals surface area contributed by atoms with E-state index in [2.05, 4.69) is 5.32 Å². The number of aryl methyl sites for hydroxylation is 2. The third kappa shape index (κ3) is 7.55. The van der Waals surface area contributed by atoms with Gasteiger partial charge in [0, 0.05) is 31.6 Å². The van der Waals surface area contributed by atoms with Gasteiger partial charge in [0.2, 0.25) is 21.8 Å². The van der Waals surface area contributed by atoms with Crippen molar-refractivity contribution in [3.63, 3.8) is 0 Å². The van der Waals surface area contributed by atoms with Gasteiger partial charge in [-0.05, 0) is 63.4 Å². The van der Waals surface area contributed by atoms with Crippen molar-refractivity contribution in [2.45, 2.75) is 53.1 Å². The Morgan fingerprint density at radius 1 is 1.09 bits per heavy atom. The van der Waals surface area contributed by atoms with Crippen LogP contribution in [0.15, 0.2) is 42.5 Å². The maximum atomic E-state index is 14.3. The Hall–Kier alpha value is -2.94. The standard InChI is InChI=1S/C25H34FN3O4S/c1-6-27-25(31)20(4)28(17-21-10-7-8-11-23(21)26)24(30)12-9-13-29(34(5,32)33)22-15-18(2)14-19(3)16-22/h7-8,10-11,14-16,20H,6,9,12-13,17H2,1-5H3,(H,27,31)/t20-/m0/s1. The van der Waals surface area contributed by atoms with Gasteiger partial charge >= 0.3 is 0 Å². The molecule has 2 aromatic carbocycles. The van der Waals surface area contributed by atoms with E-state index in [1.54, 1.807) is 44.2 Å². The first kappa shape index (κ1) is 27.3. The van der Waals surface area contributed by atoms with Crippen LogP contribution >= 0.6 is 0 Å². The summed E-state index contributed by atoms with van der Waals surface area (Å²) >= 11 is 0. The highest BCUT2D eigenvalue weighted by Crippen LogP contribution is 2.22. The molecule has 0 unspecified atom stereocenters. The van der Waals surface area contributed by atoms with Crippen molar-refractivity contribution in [2.75, 3.05) is 23.7 Å². The quantitative estimate of drug-likeness (QED) is 0.521. The number of carbonyl (C=O) groups is 2. The average molecular weight is 492 g/mol. The minimum atomic E-state index is -3.57. The zero-order valence-corrected chi connectivity index (χ0v) is 21.3. The third-order valence-corrected chi connectivity index (χ3v) is 6.66. The zero-order chi connectivity index (χ0) is 25.5. The van der Waals surface area contributed by atoms with Crippen LogP contribution in [-0.2, 0) is 26.2 Å². The number of amides is 2. The van der Waals surface area contributed by atoms with Gasteiger partial charge in [0.05, 0.1) is 11.9 Å². The summed E-state index contributed by atoms with van der Waals surface area (Å²) in [6, 6.07) is 10.8. The molecule has 0 saturated heterocycles. The number of likely N-dealkylation sites (N-methyl/N-ethyl adjacent to an activating group) is 1. The molecule has 0 heterocycles. The van der Waals surface area contributed by atoms with E-state index in [4.69, 9.17) is 0 Å². The van der Waals surface area contributed by atoms with E-state index in [1.807, 2.05) is 19.9 Å². The predicted octanol–water partition coefficient (Wildman–Crippen LogP) is 3.54. The van der Waals surface area contributed by atoms with Crippen LogP contribution in [0.4, 0.5) is 10.1 Å². The number of nitrogens with one attached hydrogen (secondary N) is 1. The van der Waals surface area contributed by atoms with Gasteiger partial charge in [0.15, 0.2) is 0 Å². The van der Waals surface area contributed by atoms with E-state index in [0.29, 0.717) is 17.8 Å². The van der Waals surface area contributed by atoms with Crippen molar-refractivity contribution in [2.24, 2.45) is 0 Å². The van der Waals surface area contributed by atoms with Crippen LogP contribution < -0.4 is 9.62 Å². The average Bonchev–Trinajstić information content (AvgIpc) is 2.74. The van der Waals surface area contributed by atoms with Crippen LogP contribution in [0.2, 0.25) is 0 Å². The fraction of sp³-hybridized carbons (Fsp3) is 0.440. The largest absolute Gasteiger partial charge is 0.355 e. The Bertz CT molecular complexity index is 1100. The Morgan fingerprint density at radius 2 is 1.71 bits per heavy atom. The molecule has 0 spiro atoms. The highest BCUT2D eigenvalue weighted by atomic mass is 32.2. The molecule has 0 aromatic heterocycles. The maximum absolute atomic E-state index is 14.3. The molecule has 0 aliphatic carbocycles. The number of benzene rings is 2. The Kier molecular flexibility index (Phi) is 9.61. The van der Waals surface area contributed by atoms with Crippen LogP contribution in [0.3, 0.4) is 0 Å². The molecule has 0 bridgehead atoms. The summed E-state index contributed by atoms with van der Waals surface area (Å²) in [4.78, 5) is 26.9. The van der Waals surface area contributed by atoms with Crippen LogP contribution in [0.1, 0.15) is 43.4 Å². The van der Waals surface area contributed by atoms with E-state index < -0.39 is 21.9 Å². The van der Waals surface area contributed by atoms with Crippen LogP contribution in [-0.4, -0.2) is 50.5 Å². The number of nitrogens with zero attached hydrogens (tertiary/aromatic N) is 2. The van der Waals surface area contributed by atoms with Gasteiger partial charge in [-0.2, -0.15) is 0 Å². The van der Waals surface area contributed by atoms with Crippen molar-refractivity contribution in [1.29, 1.82) is 0 Å². The first-order chi connectivity index (χ1) is 15.9. The molecule has 2 aromatic rings. The molecule has 0 aliphatic heterocycles. The van der Waals surface area contributed by atoms with Gasteiger partial charge in [0.1, 0.15) is 11.9 Å². The third-order valence-electron chi connectivity index (χ3n) is 5.46. The van der Waals surface area contributed by atoms with Gasteiger partial charge < -0.3 is 10.2 Å². The van der Waals surface area contributed by atoms with Crippen molar-refractivity contribution in [1.82, 2.24) is 10.2 Å². The highest BCUT2D eigenvalue weighted by molar-refractivity contribution is 7.92. The van der Waals surface area contributed by atoms with Gasteiger partial charge in [-0.1, -0.05) is 24.3 Å². The summed E-state index contributed by atoms with van der Waals surface area (Å²) in [6.45, 7) is 7.62. The number of hydrogen-bond acceptors (Lipinski definition) is 4. The smallest absolute Gasteiger partial charge is 0.242 e.